The van der Waals surface area contributed by atoms with Gasteiger partial charge in [-0.1, -0.05) is 0 Å². The fourth-order valence-electron chi connectivity index (χ4n) is 1.65. The molecule has 0 radical (unpaired) electrons. The average molecular weight is 290 g/mol. The Bertz CT molecular complexity index is 780. The summed E-state index contributed by atoms with van der Waals surface area (Å²) in [5.74, 6) is -2.96. The van der Waals surface area contributed by atoms with E-state index in [2.05, 4.69) is 10.3 Å². The second-order valence-electron chi connectivity index (χ2n) is 4.11. The number of hydrogen-bond acceptors (Lipinski definition) is 5. The summed E-state index contributed by atoms with van der Waals surface area (Å²) >= 11 is 0. The molecular weight excluding hydrogens is 280 g/mol. The van der Waals surface area contributed by atoms with Crippen LogP contribution in [0.1, 0.15) is 20.7 Å². The second kappa shape index (κ2) is 5.37. The van der Waals surface area contributed by atoms with Crippen molar-refractivity contribution >= 4 is 17.6 Å². The maximum absolute atomic E-state index is 11.9. The Morgan fingerprint density at radius 3 is 2.38 bits per heavy atom. The van der Waals surface area contributed by atoms with Crippen molar-refractivity contribution in [2.75, 3.05) is 5.32 Å². The molecule has 0 aliphatic heterocycles. The summed E-state index contributed by atoms with van der Waals surface area (Å²) in [5.41, 5.74) is -0.897. The van der Waals surface area contributed by atoms with Crippen LogP contribution < -0.4 is 10.9 Å². The Balaban J connectivity index is 2.25. The van der Waals surface area contributed by atoms with Crippen LogP contribution in [0.5, 0.6) is 11.6 Å². The minimum Gasteiger partial charge on any atom is -0.507 e. The number of carbonyl (C=O) groups excluding carboxylic acids is 1. The molecule has 0 aliphatic carbocycles. The molecule has 0 saturated carbocycles. The highest BCUT2D eigenvalue weighted by atomic mass is 16.4. The van der Waals surface area contributed by atoms with Gasteiger partial charge in [-0.2, -0.15) is 0 Å². The number of aromatic carboxylic acids is 1. The third kappa shape index (κ3) is 3.18. The van der Waals surface area contributed by atoms with Crippen molar-refractivity contribution in [1.82, 2.24) is 4.98 Å². The first-order valence-corrected chi connectivity index (χ1v) is 5.68. The number of amides is 1. The van der Waals surface area contributed by atoms with Crippen molar-refractivity contribution in [2.24, 2.45) is 0 Å². The van der Waals surface area contributed by atoms with E-state index in [9.17, 15) is 24.6 Å². The topological polar surface area (TPSA) is 140 Å². The summed E-state index contributed by atoms with van der Waals surface area (Å²) in [6.45, 7) is 0. The minimum absolute atomic E-state index is 0.0851. The number of carboxylic acid groups (broad SMARTS) is 1. The van der Waals surface area contributed by atoms with E-state index in [1.807, 2.05) is 0 Å². The van der Waals surface area contributed by atoms with Crippen molar-refractivity contribution in [3.05, 3.63) is 51.8 Å². The molecule has 5 N–H and O–H groups in total. The van der Waals surface area contributed by atoms with E-state index in [-0.39, 0.29) is 16.8 Å². The zero-order valence-electron chi connectivity index (χ0n) is 10.5. The van der Waals surface area contributed by atoms with Crippen LogP contribution in [0.3, 0.4) is 0 Å². The van der Waals surface area contributed by atoms with E-state index < -0.39 is 29.1 Å². The Morgan fingerprint density at radius 2 is 1.81 bits per heavy atom. The first kappa shape index (κ1) is 14.1. The lowest BCUT2D eigenvalue weighted by Gasteiger charge is -2.07. The molecule has 1 aromatic carbocycles. The van der Waals surface area contributed by atoms with E-state index in [1.165, 1.54) is 6.07 Å². The monoisotopic (exact) mass is 290 g/mol. The predicted octanol–water partition coefficient (Wildman–Crippen LogP) is 0.737. The van der Waals surface area contributed by atoms with Crippen LogP contribution in [-0.2, 0) is 0 Å². The molecule has 0 unspecified atom stereocenters. The Morgan fingerprint density at radius 1 is 1.10 bits per heavy atom. The molecule has 108 valence electrons. The highest BCUT2D eigenvalue weighted by molar-refractivity contribution is 6.04. The summed E-state index contributed by atoms with van der Waals surface area (Å²) in [7, 11) is 0. The van der Waals surface area contributed by atoms with Gasteiger partial charge in [0.15, 0.2) is 5.88 Å². The number of pyridine rings is 1. The summed E-state index contributed by atoms with van der Waals surface area (Å²) < 4.78 is 0. The third-order valence-corrected chi connectivity index (χ3v) is 2.58. The lowest BCUT2D eigenvalue weighted by atomic mass is 10.1. The second-order valence-corrected chi connectivity index (χ2v) is 4.11. The van der Waals surface area contributed by atoms with Crippen molar-refractivity contribution in [3.8, 4) is 11.6 Å². The quantitative estimate of drug-likeness (QED) is 0.564. The zero-order chi connectivity index (χ0) is 15.6. The zero-order valence-corrected chi connectivity index (χ0v) is 10.5. The lowest BCUT2D eigenvalue weighted by Crippen LogP contribution is -2.16. The van der Waals surface area contributed by atoms with Gasteiger partial charge < -0.3 is 20.6 Å². The molecule has 8 heteroatoms. The van der Waals surface area contributed by atoms with Gasteiger partial charge in [-0.05, 0) is 12.1 Å². The van der Waals surface area contributed by atoms with Crippen LogP contribution in [0.15, 0.2) is 35.1 Å². The van der Waals surface area contributed by atoms with E-state index in [1.54, 1.807) is 0 Å². The summed E-state index contributed by atoms with van der Waals surface area (Å²) in [6, 6.07) is 5.52. The smallest absolute Gasteiger partial charge is 0.339 e. The van der Waals surface area contributed by atoms with E-state index in [0.717, 1.165) is 24.3 Å². The van der Waals surface area contributed by atoms with Gasteiger partial charge in [-0.15, -0.1) is 0 Å². The predicted molar refractivity (Wildman–Crippen MR) is 71.7 cm³/mol. The number of carbonyl (C=O) groups is 2. The summed E-state index contributed by atoms with van der Waals surface area (Å²) in [5, 5.41) is 29.8. The maximum Gasteiger partial charge on any atom is 0.339 e. The van der Waals surface area contributed by atoms with Crippen LogP contribution in [0.2, 0.25) is 0 Å². The molecule has 8 nitrogen and oxygen atoms in total. The average Bonchev–Trinajstić information content (AvgIpc) is 2.37. The number of nitrogens with one attached hydrogen (secondary N) is 2. The maximum atomic E-state index is 11.9. The van der Waals surface area contributed by atoms with Gasteiger partial charge in [0.25, 0.3) is 11.5 Å². The fraction of sp³-hybridized carbons (Fsp3) is 0. The highest BCUT2D eigenvalue weighted by Gasteiger charge is 2.12. The van der Waals surface area contributed by atoms with Crippen molar-refractivity contribution < 1.29 is 24.9 Å². The van der Waals surface area contributed by atoms with E-state index in [0.29, 0.717) is 0 Å². The van der Waals surface area contributed by atoms with E-state index >= 15 is 0 Å². The number of hydrogen-bond donors (Lipinski definition) is 5. The normalized spacial score (nSPS) is 10.1. The first-order chi connectivity index (χ1) is 9.86. The molecular formula is C13H10N2O6. The van der Waals surface area contributed by atoms with Gasteiger partial charge in [-0.3, -0.25) is 14.6 Å². The largest absolute Gasteiger partial charge is 0.507 e. The van der Waals surface area contributed by atoms with Crippen LogP contribution >= 0.6 is 0 Å². The van der Waals surface area contributed by atoms with E-state index in [4.69, 9.17) is 5.11 Å². The number of carboxylic acids is 1. The third-order valence-electron chi connectivity index (χ3n) is 2.58. The summed E-state index contributed by atoms with van der Waals surface area (Å²) in [6.07, 6.45) is 0. The highest BCUT2D eigenvalue weighted by Crippen LogP contribution is 2.22. The Kier molecular flexibility index (Phi) is 3.61. The number of aromatic hydroxyl groups is 2. The molecule has 0 spiro atoms. The van der Waals surface area contributed by atoms with Gasteiger partial charge in [0.2, 0.25) is 0 Å². The van der Waals surface area contributed by atoms with Gasteiger partial charge in [0.05, 0.1) is 5.56 Å². The molecule has 0 aliphatic rings. The Labute approximate surface area is 117 Å². The molecule has 1 heterocycles. The van der Waals surface area contributed by atoms with Crippen molar-refractivity contribution in [3.63, 3.8) is 0 Å². The number of benzene rings is 1. The van der Waals surface area contributed by atoms with Gasteiger partial charge >= 0.3 is 5.97 Å². The number of phenols is 1. The van der Waals surface area contributed by atoms with Gasteiger partial charge in [0.1, 0.15) is 11.3 Å². The standard InChI is InChI=1S/C13H10N2O6/c16-9-5-7(1-2-8(9)13(20)21)14-12(19)6-3-10(17)15-11(18)4-6/h1-5,16H,(H,14,19)(H,20,21)(H2,15,17,18). The first-order valence-electron chi connectivity index (χ1n) is 5.68. The number of anilines is 1. The number of aromatic nitrogens is 1. The molecule has 1 aromatic heterocycles. The number of rotatable bonds is 3. The van der Waals surface area contributed by atoms with Gasteiger partial charge in [-0.25, -0.2) is 4.79 Å². The van der Waals surface area contributed by atoms with Crippen LogP contribution in [0.4, 0.5) is 5.69 Å². The fourth-order valence-corrected chi connectivity index (χ4v) is 1.65. The summed E-state index contributed by atoms with van der Waals surface area (Å²) in [4.78, 5) is 35.8. The van der Waals surface area contributed by atoms with Crippen LogP contribution in [-0.4, -0.2) is 32.2 Å². The molecule has 21 heavy (non-hydrogen) atoms. The Hall–Kier alpha value is -3.29. The molecule has 0 saturated heterocycles. The molecule has 0 atom stereocenters. The molecule has 0 bridgehead atoms. The van der Waals surface area contributed by atoms with Gasteiger partial charge in [0, 0.05) is 23.9 Å². The van der Waals surface area contributed by atoms with Crippen molar-refractivity contribution in [2.45, 2.75) is 0 Å². The lowest BCUT2D eigenvalue weighted by molar-refractivity contribution is 0.0693. The molecule has 2 rings (SSSR count). The molecule has 0 fully saturated rings. The van der Waals surface area contributed by atoms with Crippen molar-refractivity contribution in [1.29, 1.82) is 0 Å². The SMILES string of the molecule is O=C(Nc1ccc(C(=O)O)c(O)c1)c1cc(O)[nH]c(=O)c1. The molecule has 2 aromatic rings. The molecule has 1 amide bonds. The number of aromatic amines is 1. The number of H-pyrrole nitrogens is 1. The van der Waals surface area contributed by atoms with Crippen LogP contribution in [0.25, 0.3) is 0 Å². The van der Waals surface area contributed by atoms with Crippen LogP contribution in [0, 0.1) is 0 Å². The minimum atomic E-state index is -1.30.